The van der Waals surface area contributed by atoms with Gasteiger partial charge in [-0.3, -0.25) is 0 Å². The Morgan fingerprint density at radius 2 is 2.10 bits per heavy atom. The van der Waals surface area contributed by atoms with Crippen LogP contribution < -0.4 is 0 Å². The monoisotopic (exact) mass is 338 g/mol. The summed E-state index contributed by atoms with van der Waals surface area (Å²) < 4.78 is 32.9. The lowest BCUT2D eigenvalue weighted by atomic mass is 9.95. The van der Waals surface area contributed by atoms with E-state index < -0.39 is 15.0 Å². The highest BCUT2D eigenvalue weighted by Gasteiger charge is 2.26. The molecule has 8 heteroatoms. The number of esters is 1. The van der Waals surface area contributed by atoms with E-state index in [1.807, 2.05) is 0 Å². The van der Waals surface area contributed by atoms with Gasteiger partial charge in [-0.1, -0.05) is 0 Å². The van der Waals surface area contributed by atoms with E-state index in [9.17, 15) is 13.2 Å². The highest BCUT2D eigenvalue weighted by atomic mass is 35.7. The summed E-state index contributed by atoms with van der Waals surface area (Å²) in [6.45, 7) is 0. The quantitative estimate of drug-likeness (QED) is 0.623. The molecule has 2 rings (SSSR count). The molecular weight excluding hydrogens is 324 g/mol. The van der Waals surface area contributed by atoms with Crippen molar-refractivity contribution in [3.63, 3.8) is 0 Å². The van der Waals surface area contributed by atoms with Crippen molar-refractivity contribution in [2.75, 3.05) is 7.11 Å². The number of hydrogen-bond donors (Lipinski definition) is 0. The Balaban J connectivity index is 2.00. The SMILES string of the molecule is COC1CCCC(OC(=O)c2csc(S(=O)(=O)Cl)c2)C1. The highest BCUT2D eigenvalue weighted by molar-refractivity contribution is 8.15. The second kappa shape index (κ2) is 6.43. The Morgan fingerprint density at radius 3 is 2.70 bits per heavy atom. The van der Waals surface area contributed by atoms with E-state index >= 15 is 0 Å². The number of halogens is 1. The van der Waals surface area contributed by atoms with E-state index in [0.29, 0.717) is 6.42 Å². The van der Waals surface area contributed by atoms with Gasteiger partial charge in [0.1, 0.15) is 10.3 Å². The first-order valence-electron chi connectivity index (χ1n) is 6.17. The maximum atomic E-state index is 12.0. The normalized spacial score (nSPS) is 23.5. The first-order valence-corrected chi connectivity index (χ1v) is 9.36. The van der Waals surface area contributed by atoms with Gasteiger partial charge < -0.3 is 9.47 Å². The summed E-state index contributed by atoms with van der Waals surface area (Å²) >= 11 is 0.906. The van der Waals surface area contributed by atoms with Gasteiger partial charge >= 0.3 is 5.97 Å². The molecule has 1 aliphatic carbocycles. The lowest BCUT2D eigenvalue weighted by molar-refractivity contribution is -0.0149. The van der Waals surface area contributed by atoms with Crippen molar-refractivity contribution >= 4 is 37.0 Å². The van der Waals surface area contributed by atoms with Crippen LogP contribution in [-0.2, 0) is 18.5 Å². The number of methoxy groups -OCH3 is 1. The predicted molar refractivity (Wildman–Crippen MR) is 75.8 cm³/mol. The van der Waals surface area contributed by atoms with Gasteiger partial charge in [-0.15, -0.1) is 11.3 Å². The molecule has 5 nitrogen and oxygen atoms in total. The van der Waals surface area contributed by atoms with Crippen molar-refractivity contribution in [1.29, 1.82) is 0 Å². The Labute approximate surface area is 126 Å². The van der Waals surface area contributed by atoms with Crippen molar-refractivity contribution < 1.29 is 22.7 Å². The van der Waals surface area contributed by atoms with E-state index in [0.717, 1.165) is 30.6 Å². The summed E-state index contributed by atoms with van der Waals surface area (Å²) in [6, 6.07) is 1.24. The number of rotatable bonds is 4. The number of ether oxygens (including phenoxy) is 2. The van der Waals surface area contributed by atoms with Gasteiger partial charge in [0.15, 0.2) is 0 Å². The van der Waals surface area contributed by atoms with Crippen LogP contribution in [-0.4, -0.2) is 33.7 Å². The third-order valence-corrected chi connectivity index (χ3v) is 6.28. The maximum absolute atomic E-state index is 12.0. The zero-order chi connectivity index (χ0) is 14.8. The van der Waals surface area contributed by atoms with Crippen molar-refractivity contribution in [1.82, 2.24) is 0 Å². The number of thiophene rings is 1. The van der Waals surface area contributed by atoms with Crippen LogP contribution in [0, 0.1) is 0 Å². The molecule has 112 valence electrons. The summed E-state index contributed by atoms with van der Waals surface area (Å²) in [6.07, 6.45) is 3.32. The molecule has 2 atom stereocenters. The average Bonchev–Trinajstić information content (AvgIpc) is 2.88. The van der Waals surface area contributed by atoms with E-state index in [4.69, 9.17) is 20.2 Å². The molecular formula is C12H15ClO5S2. The molecule has 0 radical (unpaired) electrons. The molecule has 0 bridgehead atoms. The average molecular weight is 339 g/mol. The second-order valence-electron chi connectivity index (χ2n) is 4.64. The molecule has 2 unspecified atom stereocenters. The highest BCUT2D eigenvalue weighted by Crippen LogP contribution is 2.27. The molecule has 1 aromatic heterocycles. The third-order valence-electron chi connectivity index (χ3n) is 3.24. The fraction of sp³-hybridized carbons (Fsp3) is 0.583. The minimum Gasteiger partial charge on any atom is -0.459 e. The van der Waals surface area contributed by atoms with Crippen LogP contribution in [0.5, 0.6) is 0 Å². The van der Waals surface area contributed by atoms with Gasteiger partial charge in [-0.2, -0.15) is 0 Å². The molecule has 0 saturated heterocycles. The van der Waals surface area contributed by atoms with Crippen LogP contribution in [0.1, 0.15) is 36.0 Å². The minimum absolute atomic E-state index is 0.0514. The standard InChI is InChI=1S/C12H15ClO5S2/c1-17-9-3-2-4-10(6-9)18-12(14)8-5-11(19-7-8)20(13,15)16/h5,7,9-10H,2-4,6H2,1H3. The van der Waals surface area contributed by atoms with Gasteiger partial charge in [-0.25, -0.2) is 13.2 Å². The minimum atomic E-state index is -3.80. The maximum Gasteiger partial charge on any atom is 0.339 e. The van der Waals surface area contributed by atoms with Gasteiger partial charge in [0.05, 0.1) is 11.7 Å². The van der Waals surface area contributed by atoms with Crippen molar-refractivity contribution in [2.45, 2.75) is 42.1 Å². The van der Waals surface area contributed by atoms with Crippen LogP contribution in [0.25, 0.3) is 0 Å². The Kier molecular flexibility index (Phi) is 5.06. The zero-order valence-corrected chi connectivity index (χ0v) is 13.3. The Hall–Kier alpha value is -0.630. The first-order chi connectivity index (χ1) is 9.40. The van der Waals surface area contributed by atoms with E-state index in [-0.39, 0.29) is 22.0 Å². The smallest absolute Gasteiger partial charge is 0.339 e. The van der Waals surface area contributed by atoms with Gasteiger partial charge in [0.25, 0.3) is 9.05 Å². The van der Waals surface area contributed by atoms with Gasteiger partial charge in [0.2, 0.25) is 0 Å². The molecule has 1 fully saturated rings. The van der Waals surface area contributed by atoms with Crippen LogP contribution in [0.2, 0.25) is 0 Å². The van der Waals surface area contributed by atoms with Crippen LogP contribution in [0.4, 0.5) is 0 Å². The molecule has 20 heavy (non-hydrogen) atoms. The molecule has 0 N–H and O–H groups in total. The summed E-state index contributed by atoms with van der Waals surface area (Å²) in [5.41, 5.74) is 0.216. The van der Waals surface area contributed by atoms with Crippen molar-refractivity contribution in [3.8, 4) is 0 Å². The molecule has 0 aromatic carbocycles. The van der Waals surface area contributed by atoms with Gasteiger partial charge in [0, 0.05) is 29.6 Å². The largest absolute Gasteiger partial charge is 0.459 e. The zero-order valence-electron chi connectivity index (χ0n) is 10.9. The van der Waals surface area contributed by atoms with Crippen LogP contribution in [0.15, 0.2) is 15.7 Å². The fourth-order valence-electron chi connectivity index (χ4n) is 2.19. The third kappa shape index (κ3) is 3.94. The molecule has 1 aromatic rings. The molecule has 1 saturated carbocycles. The first kappa shape index (κ1) is 15.8. The molecule has 0 amide bonds. The van der Waals surface area contributed by atoms with E-state index in [1.54, 1.807) is 7.11 Å². The summed E-state index contributed by atoms with van der Waals surface area (Å²) in [5, 5.41) is 1.44. The molecule has 0 aliphatic heterocycles. The lowest BCUT2D eigenvalue weighted by Gasteiger charge is -2.27. The molecule has 1 heterocycles. The summed E-state index contributed by atoms with van der Waals surface area (Å²) in [7, 11) is 3.07. The van der Waals surface area contributed by atoms with Crippen LogP contribution in [0.3, 0.4) is 0 Å². The van der Waals surface area contributed by atoms with Crippen LogP contribution >= 0.6 is 22.0 Å². The topological polar surface area (TPSA) is 69.7 Å². The summed E-state index contributed by atoms with van der Waals surface area (Å²) in [5.74, 6) is -0.519. The fourth-order valence-corrected chi connectivity index (χ4v) is 4.13. The number of hydrogen-bond acceptors (Lipinski definition) is 6. The molecule has 0 spiro atoms. The second-order valence-corrected chi connectivity index (χ2v) is 8.35. The predicted octanol–water partition coefficient (Wildman–Crippen LogP) is 2.79. The Morgan fingerprint density at radius 1 is 1.40 bits per heavy atom. The lowest BCUT2D eigenvalue weighted by Crippen LogP contribution is -2.29. The molecule has 1 aliphatic rings. The summed E-state index contributed by atoms with van der Waals surface area (Å²) in [4.78, 5) is 12.0. The van der Waals surface area contributed by atoms with E-state index in [2.05, 4.69) is 0 Å². The number of carbonyl (C=O) groups excluding carboxylic acids is 1. The van der Waals surface area contributed by atoms with Crippen molar-refractivity contribution in [3.05, 3.63) is 17.0 Å². The Bertz CT molecular complexity index is 580. The van der Waals surface area contributed by atoms with Crippen molar-refractivity contribution in [2.24, 2.45) is 0 Å². The van der Waals surface area contributed by atoms with Gasteiger partial charge in [-0.05, 0) is 25.3 Å². The van der Waals surface area contributed by atoms with E-state index in [1.165, 1.54) is 11.4 Å². The number of carbonyl (C=O) groups is 1.